The number of hydrogen-bond acceptors (Lipinski definition) is 6. The third kappa shape index (κ3) is 5.43. The van der Waals surface area contributed by atoms with E-state index in [4.69, 9.17) is 15.2 Å². The molecule has 0 unspecified atom stereocenters. The van der Waals surface area contributed by atoms with Crippen molar-refractivity contribution in [2.75, 3.05) is 18.9 Å². The maximum Gasteiger partial charge on any atom is 0.329 e. The van der Waals surface area contributed by atoms with E-state index in [9.17, 15) is 14.4 Å². The van der Waals surface area contributed by atoms with Crippen LogP contribution in [0.2, 0.25) is 0 Å². The number of hydrogen-bond donors (Lipinski definition) is 2. The quantitative estimate of drug-likeness (QED) is 0.572. The lowest BCUT2D eigenvalue weighted by molar-refractivity contribution is -0.152. The number of rotatable bonds is 7. The van der Waals surface area contributed by atoms with Gasteiger partial charge in [0, 0.05) is 11.3 Å². The highest BCUT2D eigenvalue weighted by molar-refractivity contribution is 5.97. The van der Waals surface area contributed by atoms with E-state index in [0.717, 1.165) is 0 Å². The van der Waals surface area contributed by atoms with Gasteiger partial charge >= 0.3 is 11.9 Å². The number of amides is 1. The molecule has 0 aliphatic rings. The van der Waals surface area contributed by atoms with Crippen LogP contribution >= 0.6 is 0 Å². The van der Waals surface area contributed by atoms with Crippen molar-refractivity contribution < 1.29 is 23.9 Å². The van der Waals surface area contributed by atoms with Crippen molar-refractivity contribution in [2.45, 2.75) is 26.3 Å². The molecule has 0 radical (unpaired) electrons. The molecule has 0 saturated heterocycles. The number of anilines is 1. The third-order valence-electron chi connectivity index (χ3n) is 2.73. The molecule has 1 rings (SSSR count). The third-order valence-corrected chi connectivity index (χ3v) is 2.73. The first kappa shape index (κ1) is 17.5. The Morgan fingerprint density at radius 2 is 1.68 bits per heavy atom. The molecule has 0 aliphatic heterocycles. The van der Waals surface area contributed by atoms with Crippen LogP contribution in [0.5, 0.6) is 0 Å². The van der Waals surface area contributed by atoms with Crippen LogP contribution in [-0.4, -0.2) is 37.1 Å². The molecular formula is C15H20N2O5. The zero-order valence-electron chi connectivity index (χ0n) is 12.6. The van der Waals surface area contributed by atoms with Crippen LogP contribution < -0.4 is 11.1 Å². The second-order valence-electron chi connectivity index (χ2n) is 4.41. The Kier molecular flexibility index (Phi) is 6.88. The maximum absolute atomic E-state index is 12.1. The highest BCUT2D eigenvalue weighted by Gasteiger charge is 2.26. The molecular weight excluding hydrogens is 288 g/mol. The zero-order chi connectivity index (χ0) is 16.5. The molecule has 0 saturated carbocycles. The van der Waals surface area contributed by atoms with E-state index in [-0.39, 0.29) is 19.6 Å². The lowest BCUT2D eigenvalue weighted by Gasteiger charge is -2.16. The first-order valence-electron chi connectivity index (χ1n) is 6.96. The summed E-state index contributed by atoms with van der Waals surface area (Å²) in [4.78, 5) is 35.5. The molecule has 0 heterocycles. The Morgan fingerprint density at radius 1 is 1.09 bits per heavy atom. The van der Waals surface area contributed by atoms with Gasteiger partial charge in [-0.1, -0.05) is 0 Å². The summed E-state index contributed by atoms with van der Waals surface area (Å²) < 4.78 is 9.65. The van der Waals surface area contributed by atoms with Crippen LogP contribution in [0.3, 0.4) is 0 Å². The SMILES string of the molecule is CCOC(=O)C[C@@H](NC(=O)c1ccc(N)cc1)C(=O)OCC. The van der Waals surface area contributed by atoms with Gasteiger partial charge in [0.1, 0.15) is 6.04 Å². The molecule has 0 aliphatic carbocycles. The van der Waals surface area contributed by atoms with Gasteiger partial charge in [-0.25, -0.2) is 4.79 Å². The molecule has 7 nitrogen and oxygen atoms in total. The summed E-state index contributed by atoms with van der Waals surface area (Å²) in [6.07, 6.45) is -0.284. The topological polar surface area (TPSA) is 108 Å². The first-order chi connectivity index (χ1) is 10.5. The van der Waals surface area contributed by atoms with Crippen LogP contribution in [0.25, 0.3) is 0 Å². The minimum absolute atomic E-state index is 0.149. The van der Waals surface area contributed by atoms with E-state index in [2.05, 4.69) is 5.32 Å². The maximum atomic E-state index is 12.1. The largest absolute Gasteiger partial charge is 0.466 e. The molecule has 1 aromatic carbocycles. The summed E-state index contributed by atoms with van der Waals surface area (Å²) in [6, 6.07) is 5.09. The number of nitrogens with two attached hydrogens (primary N) is 1. The lowest BCUT2D eigenvalue weighted by atomic mass is 10.1. The summed E-state index contributed by atoms with van der Waals surface area (Å²) in [5, 5.41) is 2.47. The molecule has 0 spiro atoms. The molecule has 1 atom stereocenters. The Balaban J connectivity index is 2.78. The van der Waals surface area contributed by atoms with Gasteiger partial charge in [-0.05, 0) is 38.1 Å². The van der Waals surface area contributed by atoms with E-state index in [0.29, 0.717) is 11.3 Å². The van der Waals surface area contributed by atoms with Crippen LogP contribution in [0.15, 0.2) is 24.3 Å². The molecule has 22 heavy (non-hydrogen) atoms. The Morgan fingerprint density at radius 3 is 2.23 bits per heavy atom. The molecule has 7 heteroatoms. The number of ether oxygens (including phenoxy) is 2. The van der Waals surface area contributed by atoms with Gasteiger partial charge in [0.2, 0.25) is 0 Å². The second kappa shape index (κ2) is 8.66. The number of nitrogen functional groups attached to an aromatic ring is 1. The summed E-state index contributed by atoms with van der Waals surface area (Å²) in [5.74, 6) is -1.76. The normalized spacial score (nSPS) is 11.4. The summed E-state index contributed by atoms with van der Waals surface area (Å²) in [7, 11) is 0. The van der Waals surface area contributed by atoms with E-state index in [1.54, 1.807) is 26.0 Å². The molecule has 120 valence electrons. The van der Waals surface area contributed by atoms with Gasteiger partial charge in [-0.3, -0.25) is 9.59 Å². The summed E-state index contributed by atoms with van der Waals surface area (Å²) in [6.45, 7) is 3.64. The van der Waals surface area contributed by atoms with Crippen molar-refractivity contribution >= 4 is 23.5 Å². The number of benzene rings is 1. The highest BCUT2D eigenvalue weighted by atomic mass is 16.5. The van der Waals surface area contributed by atoms with Gasteiger partial charge in [0.15, 0.2) is 0 Å². The molecule has 1 amide bonds. The summed E-state index contributed by atoms with van der Waals surface area (Å²) >= 11 is 0. The fourth-order valence-electron chi connectivity index (χ4n) is 1.70. The minimum atomic E-state index is -1.09. The van der Waals surface area contributed by atoms with Crippen molar-refractivity contribution in [1.29, 1.82) is 0 Å². The fourth-order valence-corrected chi connectivity index (χ4v) is 1.70. The lowest BCUT2D eigenvalue weighted by Crippen LogP contribution is -2.43. The van der Waals surface area contributed by atoms with Crippen LogP contribution in [0.1, 0.15) is 30.6 Å². The van der Waals surface area contributed by atoms with Crippen LogP contribution in [0, 0.1) is 0 Å². The van der Waals surface area contributed by atoms with Gasteiger partial charge in [0.25, 0.3) is 5.91 Å². The monoisotopic (exact) mass is 308 g/mol. The summed E-state index contributed by atoms with van der Waals surface area (Å²) in [5.41, 5.74) is 6.39. The van der Waals surface area contributed by atoms with Crippen LogP contribution in [0.4, 0.5) is 5.69 Å². The second-order valence-corrected chi connectivity index (χ2v) is 4.41. The number of nitrogens with one attached hydrogen (secondary N) is 1. The van der Waals surface area contributed by atoms with Crippen LogP contribution in [-0.2, 0) is 19.1 Å². The molecule has 3 N–H and O–H groups in total. The fraction of sp³-hybridized carbons (Fsp3) is 0.400. The molecule has 0 bridgehead atoms. The molecule has 0 fully saturated rings. The average Bonchev–Trinajstić information content (AvgIpc) is 2.47. The van der Waals surface area contributed by atoms with Gasteiger partial charge in [-0.15, -0.1) is 0 Å². The van der Waals surface area contributed by atoms with Crippen molar-refractivity contribution in [3.05, 3.63) is 29.8 Å². The van der Waals surface area contributed by atoms with E-state index in [1.165, 1.54) is 12.1 Å². The number of carbonyl (C=O) groups excluding carboxylic acids is 3. The predicted octanol–water partition coefficient (Wildman–Crippen LogP) is 0.883. The Hall–Kier alpha value is -2.57. The van der Waals surface area contributed by atoms with Crippen molar-refractivity contribution in [3.63, 3.8) is 0 Å². The van der Waals surface area contributed by atoms with E-state index >= 15 is 0 Å². The first-order valence-corrected chi connectivity index (χ1v) is 6.96. The molecule has 0 aromatic heterocycles. The highest BCUT2D eigenvalue weighted by Crippen LogP contribution is 2.07. The average molecular weight is 308 g/mol. The Labute approximate surface area is 128 Å². The number of esters is 2. The smallest absolute Gasteiger partial charge is 0.329 e. The van der Waals surface area contributed by atoms with Gasteiger partial charge in [-0.2, -0.15) is 0 Å². The predicted molar refractivity (Wildman–Crippen MR) is 80.0 cm³/mol. The zero-order valence-corrected chi connectivity index (χ0v) is 12.6. The number of carbonyl (C=O) groups is 3. The van der Waals surface area contributed by atoms with Gasteiger partial charge in [0.05, 0.1) is 19.6 Å². The van der Waals surface area contributed by atoms with Crippen molar-refractivity contribution in [1.82, 2.24) is 5.32 Å². The van der Waals surface area contributed by atoms with Crippen molar-refractivity contribution in [2.24, 2.45) is 0 Å². The van der Waals surface area contributed by atoms with E-state index < -0.39 is 23.9 Å². The standard InChI is InChI=1S/C15H20N2O5/c1-3-21-13(18)9-12(15(20)22-4-2)17-14(19)10-5-7-11(16)8-6-10/h5-8,12H,3-4,9,16H2,1-2H3,(H,17,19)/t12-/m1/s1. The van der Waals surface area contributed by atoms with Crippen molar-refractivity contribution in [3.8, 4) is 0 Å². The molecule has 1 aromatic rings. The van der Waals surface area contributed by atoms with E-state index in [1.807, 2.05) is 0 Å². The van der Waals surface area contributed by atoms with Gasteiger partial charge < -0.3 is 20.5 Å². The minimum Gasteiger partial charge on any atom is -0.466 e. The Bertz CT molecular complexity index is 527.